The molecule has 2 aromatic rings. The zero-order valence-corrected chi connectivity index (χ0v) is 14.8. The number of halogens is 1. The van der Waals surface area contributed by atoms with Gasteiger partial charge in [0.2, 0.25) is 10.0 Å². The summed E-state index contributed by atoms with van der Waals surface area (Å²) < 4.78 is 39.3. The molecule has 0 aliphatic carbocycles. The first-order valence-electron chi connectivity index (χ1n) is 7.88. The van der Waals surface area contributed by atoms with Gasteiger partial charge in [-0.25, -0.2) is 12.8 Å². The Hall–Kier alpha value is -2.25. The number of sulfonamides is 1. The van der Waals surface area contributed by atoms with Crippen molar-refractivity contribution in [3.8, 4) is 0 Å². The fourth-order valence-electron chi connectivity index (χ4n) is 2.61. The number of likely N-dealkylation sites (N-methyl/N-ethyl adjacent to an activating group) is 1. The van der Waals surface area contributed by atoms with E-state index in [1.165, 1.54) is 23.5 Å². The number of hydrogen-bond donors (Lipinski definition) is 0. The predicted molar refractivity (Wildman–Crippen MR) is 93.4 cm³/mol. The van der Waals surface area contributed by atoms with Gasteiger partial charge in [-0.15, -0.1) is 0 Å². The molecule has 5 nitrogen and oxygen atoms in total. The molecule has 0 N–H and O–H groups in total. The van der Waals surface area contributed by atoms with Gasteiger partial charge in [0.25, 0.3) is 0 Å². The van der Waals surface area contributed by atoms with Crippen LogP contribution in [0.25, 0.3) is 0 Å². The van der Waals surface area contributed by atoms with Crippen molar-refractivity contribution in [2.75, 3.05) is 13.6 Å². The maximum atomic E-state index is 13.0. The molecular weight excluding hydrogens is 343 g/mol. The molecule has 0 unspecified atom stereocenters. The Balaban J connectivity index is 1.65. The first-order chi connectivity index (χ1) is 11.9. The molecule has 0 saturated carbocycles. The van der Waals surface area contributed by atoms with Crippen molar-refractivity contribution in [2.24, 2.45) is 5.16 Å². The lowest BCUT2D eigenvalue weighted by Gasteiger charge is -2.19. The minimum atomic E-state index is -3.70. The SMILES string of the molecule is Cc1ccc(C2=NO[C@@H](CN(C)S(=O)(=O)c3ccc(F)cc3)C2)cc1. The maximum Gasteiger partial charge on any atom is 0.242 e. The van der Waals surface area contributed by atoms with Crippen LogP contribution < -0.4 is 0 Å². The number of nitrogens with zero attached hydrogens (tertiary/aromatic N) is 2. The molecule has 0 amide bonds. The van der Waals surface area contributed by atoms with Gasteiger partial charge in [-0.05, 0) is 36.8 Å². The molecular formula is C18H19FN2O3S. The Morgan fingerprint density at radius 2 is 1.80 bits per heavy atom. The molecule has 25 heavy (non-hydrogen) atoms. The number of rotatable bonds is 5. The number of aryl methyl sites for hydroxylation is 1. The molecule has 0 fully saturated rings. The van der Waals surface area contributed by atoms with Gasteiger partial charge in [-0.2, -0.15) is 4.31 Å². The van der Waals surface area contributed by atoms with E-state index in [-0.39, 0.29) is 17.5 Å². The molecule has 1 aliphatic heterocycles. The van der Waals surface area contributed by atoms with Crippen LogP contribution in [0.1, 0.15) is 17.5 Å². The van der Waals surface area contributed by atoms with E-state index in [0.717, 1.165) is 29.0 Å². The maximum absolute atomic E-state index is 13.0. The minimum Gasteiger partial charge on any atom is -0.390 e. The molecule has 1 heterocycles. The second kappa shape index (κ2) is 6.93. The van der Waals surface area contributed by atoms with E-state index in [9.17, 15) is 12.8 Å². The summed E-state index contributed by atoms with van der Waals surface area (Å²) in [6.07, 6.45) is 0.184. The van der Waals surface area contributed by atoms with E-state index in [2.05, 4.69) is 5.16 Å². The Morgan fingerprint density at radius 1 is 1.16 bits per heavy atom. The quantitative estimate of drug-likeness (QED) is 0.822. The highest BCUT2D eigenvalue weighted by Crippen LogP contribution is 2.21. The summed E-state index contributed by atoms with van der Waals surface area (Å²) in [5, 5.41) is 4.08. The van der Waals surface area contributed by atoms with E-state index in [0.29, 0.717) is 6.42 Å². The Bertz CT molecular complexity index is 878. The van der Waals surface area contributed by atoms with Crippen molar-refractivity contribution in [3.63, 3.8) is 0 Å². The lowest BCUT2D eigenvalue weighted by molar-refractivity contribution is 0.0740. The number of oxime groups is 1. The number of benzene rings is 2. The lowest BCUT2D eigenvalue weighted by Crippen LogP contribution is -2.34. The summed E-state index contributed by atoms with van der Waals surface area (Å²) in [7, 11) is -2.22. The van der Waals surface area contributed by atoms with Crippen molar-refractivity contribution < 1.29 is 17.6 Å². The van der Waals surface area contributed by atoms with Crippen LogP contribution in [-0.2, 0) is 14.9 Å². The second-order valence-electron chi connectivity index (χ2n) is 6.08. The third kappa shape index (κ3) is 3.88. The van der Waals surface area contributed by atoms with Crippen molar-refractivity contribution in [3.05, 3.63) is 65.5 Å². The van der Waals surface area contributed by atoms with Gasteiger partial charge in [0.05, 0.1) is 17.2 Å². The number of hydrogen-bond acceptors (Lipinski definition) is 4. The third-order valence-corrected chi connectivity index (χ3v) is 5.94. The molecule has 0 saturated heterocycles. The van der Waals surface area contributed by atoms with Crippen molar-refractivity contribution in [1.82, 2.24) is 4.31 Å². The van der Waals surface area contributed by atoms with Crippen LogP contribution in [0, 0.1) is 12.7 Å². The highest BCUT2D eigenvalue weighted by Gasteiger charge is 2.29. The highest BCUT2D eigenvalue weighted by atomic mass is 32.2. The van der Waals surface area contributed by atoms with Gasteiger partial charge in [-0.1, -0.05) is 35.0 Å². The monoisotopic (exact) mass is 362 g/mol. The Kier molecular flexibility index (Phi) is 4.87. The molecule has 1 atom stereocenters. The fourth-order valence-corrected chi connectivity index (χ4v) is 3.82. The lowest BCUT2D eigenvalue weighted by atomic mass is 10.0. The van der Waals surface area contributed by atoms with Gasteiger partial charge in [0, 0.05) is 13.5 Å². The van der Waals surface area contributed by atoms with Gasteiger partial charge in [-0.3, -0.25) is 0 Å². The van der Waals surface area contributed by atoms with Crippen molar-refractivity contribution in [1.29, 1.82) is 0 Å². The normalized spacial score (nSPS) is 17.4. The second-order valence-corrected chi connectivity index (χ2v) is 8.12. The zero-order chi connectivity index (χ0) is 18.0. The third-order valence-electron chi connectivity index (χ3n) is 4.10. The van der Waals surface area contributed by atoms with Crippen LogP contribution in [0.2, 0.25) is 0 Å². The van der Waals surface area contributed by atoms with E-state index in [4.69, 9.17) is 4.84 Å². The highest BCUT2D eigenvalue weighted by molar-refractivity contribution is 7.89. The van der Waals surface area contributed by atoms with Gasteiger partial charge in [0.1, 0.15) is 11.9 Å². The van der Waals surface area contributed by atoms with Crippen LogP contribution in [-0.4, -0.2) is 38.1 Å². The van der Waals surface area contributed by atoms with Gasteiger partial charge in [0.15, 0.2) is 0 Å². The Labute approximate surface area is 146 Å². The summed E-state index contributed by atoms with van der Waals surface area (Å²) in [5.41, 5.74) is 2.93. The average Bonchev–Trinajstić information content (AvgIpc) is 3.04. The molecule has 7 heteroatoms. The van der Waals surface area contributed by atoms with Crippen LogP contribution in [0.5, 0.6) is 0 Å². The molecule has 2 aromatic carbocycles. The minimum absolute atomic E-state index is 0.0501. The summed E-state index contributed by atoms with van der Waals surface area (Å²) in [4.78, 5) is 5.44. The van der Waals surface area contributed by atoms with Gasteiger partial charge >= 0.3 is 0 Å². The molecule has 0 aromatic heterocycles. The van der Waals surface area contributed by atoms with Crippen LogP contribution in [0.3, 0.4) is 0 Å². The zero-order valence-electron chi connectivity index (χ0n) is 14.0. The van der Waals surface area contributed by atoms with Gasteiger partial charge < -0.3 is 4.84 Å². The van der Waals surface area contributed by atoms with Crippen molar-refractivity contribution >= 4 is 15.7 Å². The van der Waals surface area contributed by atoms with Crippen LogP contribution >= 0.6 is 0 Å². The summed E-state index contributed by atoms with van der Waals surface area (Å²) in [6.45, 7) is 2.17. The summed E-state index contributed by atoms with van der Waals surface area (Å²) >= 11 is 0. The molecule has 0 bridgehead atoms. The van der Waals surface area contributed by atoms with E-state index < -0.39 is 15.8 Å². The van der Waals surface area contributed by atoms with Crippen LogP contribution in [0.4, 0.5) is 4.39 Å². The molecule has 132 valence electrons. The van der Waals surface area contributed by atoms with E-state index in [1.807, 2.05) is 31.2 Å². The fraction of sp³-hybridized carbons (Fsp3) is 0.278. The summed E-state index contributed by atoms with van der Waals surface area (Å²) in [6, 6.07) is 12.7. The molecule has 0 spiro atoms. The van der Waals surface area contributed by atoms with Crippen LogP contribution in [0.15, 0.2) is 58.6 Å². The Morgan fingerprint density at radius 3 is 2.44 bits per heavy atom. The summed E-state index contributed by atoms with van der Waals surface area (Å²) in [5.74, 6) is -0.475. The molecule has 3 rings (SSSR count). The predicted octanol–water partition coefficient (Wildman–Crippen LogP) is 2.95. The first kappa shape index (κ1) is 17.6. The largest absolute Gasteiger partial charge is 0.390 e. The van der Waals surface area contributed by atoms with E-state index >= 15 is 0 Å². The standard InChI is InChI=1S/C18H19FN2O3S/c1-13-3-5-14(6-4-13)18-11-16(24-20-18)12-21(2)25(22,23)17-9-7-15(19)8-10-17/h3-10,16H,11-12H2,1-2H3/t16-/m1/s1. The van der Waals surface area contributed by atoms with Crippen molar-refractivity contribution in [2.45, 2.75) is 24.3 Å². The topological polar surface area (TPSA) is 59.0 Å². The smallest absolute Gasteiger partial charge is 0.242 e. The molecule has 1 aliphatic rings. The van der Waals surface area contributed by atoms with E-state index in [1.54, 1.807) is 0 Å². The first-order valence-corrected chi connectivity index (χ1v) is 9.32. The average molecular weight is 362 g/mol. The molecule has 0 radical (unpaired) electrons.